The molecule has 0 bridgehead atoms. The van der Waals surface area contributed by atoms with Crippen molar-refractivity contribution < 1.29 is 24.7 Å². The first-order valence-electron chi connectivity index (χ1n) is 4.89. The maximum atomic E-state index is 10.8. The molecular weight excluding hydrogens is 244 g/mol. The number of phenolic OH excluding ortho intramolecular Hbond substituents is 1. The highest BCUT2D eigenvalue weighted by atomic mass is 16.6. The van der Waals surface area contributed by atoms with E-state index in [-0.39, 0.29) is 29.2 Å². The quantitative estimate of drug-likeness (QED) is 0.507. The summed E-state index contributed by atoms with van der Waals surface area (Å²) in [4.78, 5) is 20.8. The average molecular weight is 256 g/mol. The van der Waals surface area contributed by atoms with Crippen LogP contribution in [-0.4, -0.2) is 34.3 Å². The zero-order valence-corrected chi connectivity index (χ0v) is 9.49. The highest BCUT2D eigenvalue weighted by molar-refractivity contribution is 5.74. The fourth-order valence-electron chi connectivity index (χ4n) is 1.42. The van der Waals surface area contributed by atoms with Gasteiger partial charge in [-0.25, -0.2) is 0 Å². The Morgan fingerprint density at radius 1 is 1.61 bits per heavy atom. The topological polar surface area (TPSA) is 136 Å². The summed E-state index contributed by atoms with van der Waals surface area (Å²) in [5.74, 6) is -1.65. The van der Waals surface area contributed by atoms with E-state index in [0.717, 1.165) is 12.1 Å². The van der Waals surface area contributed by atoms with Crippen molar-refractivity contribution in [3.8, 4) is 11.5 Å². The lowest BCUT2D eigenvalue weighted by Crippen LogP contribution is -2.32. The molecule has 8 nitrogen and oxygen atoms in total. The number of hydrogen-bond acceptors (Lipinski definition) is 6. The number of carboxylic acids is 1. The van der Waals surface area contributed by atoms with E-state index in [1.165, 1.54) is 7.11 Å². The van der Waals surface area contributed by atoms with Crippen LogP contribution in [0.1, 0.15) is 5.56 Å². The monoisotopic (exact) mass is 256 g/mol. The summed E-state index contributed by atoms with van der Waals surface area (Å²) in [5, 5.41) is 29.0. The van der Waals surface area contributed by atoms with Gasteiger partial charge in [-0.3, -0.25) is 14.9 Å². The van der Waals surface area contributed by atoms with Crippen molar-refractivity contribution in [2.75, 3.05) is 7.11 Å². The maximum absolute atomic E-state index is 10.8. The second-order valence-electron chi connectivity index (χ2n) is 3.56. The Morgan fingerprint density at radius 2 is 2.22 bits per heavy atom. The average Bonchev–Trinajstić information content (AvgIpc) is 2.28. The molecule has 98 valence electrons. The Hall–Kier alpha value is -2.35. The van der Waals surface area contributed by atoms with Gasteiger partial charge in [-0.2, -0.15) is 0 Å². The number of nitrogens with zero attached hydrogens (tertiary/aromatic N) is 1. The Morgan fingerprint density at radius 3 is 2.67 bits per heavy atom. The molecule has 0 aliphatic heterocycles. The summed E-state index contributed by atoms with van der Waals surface area (Å²) < 4.78 is 4.74. The van der Waals surface area contributed by atoms with Crippen LogP contribution in [0.3, 0.4) is 0 Å². The number of carboxylic acid groups (broad SMARTS) is 1. The second kappa shape index (κ2) is 5.32. The van der Waals surface area contributed by atoms with Gasteiger partial charge < -0.3 is 20.7 Å². The standard InChI is InChI=1S/C10H12N2O6/c1-18-9-4-7(12(16)17)5(3-8(9)13)2-6(11)10(14)15/h3-4,6,13H,2,11H2,1H3,(H,14,15). The molecule has 0 fully saturated rings. The number of phenols is 1. The van der Waals surface area contributed by atoms with E-state index in [4.69, 9.17) is 15.6 Å². The number of aliphatic carboxylic acids is 1. The molecule has 0 heterocycles. The van der Waals surface area contributed by atoms with Crippen molar-refractivity contribution in [3.05, 3.63) is 27.8 Å². The number of aromatic hydroxyl groups is 1. The summed E-state index contributed by atoms with van der Waals surface area (Å²) in [6.07, 6.45) is -0.261. The Bertz CT molecular complexity index is 488. The molecule has 0 aromatic heterocycles. The summed E-state index contributed by atoms with van der Waals surface area (Å²) in [7, 11) is 1.25. The van der Waals surface area contributed by atoms with Crippen molar-refractivity contribution in [2.45, 2.75) is 12.5 Å². The number of nitro groups is 1. The highest BCUT2D eigenvalue weighted by Crippen LogP contribution is 2.34. The van der Waals surface area contributed by atoms with Gasteiger partial charge in [-0.05, 0) is 6.07 Å². The number of hydrogen-bond donors (Lipinski definition) is 3. The Labute approximate surface area is 102 Å². The van der Waals surface area contributed by atoms with Gasteiger partial charge >= 0.3 is 5.97 Å². The van der Waals surface area contributed by atoms with E-state index in [1.54, 1.807) is 0 Å². The zero-order chi connectivity index (χ0) is 13.9. The third-order valence-corrected chi connectivity index (χ3v) is 2.33. The summed E-state index contributed by atoms with van der Waals surface area (Å²) >= 11 is 0. The molecule has 1 atom stereocenters. The number of rotatable bonds is 5. The second-order valence-corrected chi connectivity index (χ2v) is 3.56. The molecule has 18 heavy (non-hydrogen) atoms. The fraction of sp³-hybridized carbons (Fsp3) is 0.300. The lowest BCUT2D eigenvalue weighted by molar-refractivity contribution is -0.385. The SMILES string of the molecule is COc1cc([N+](=O)[O-])c(CC(N)C(=O)O)cc1O. The van der Waals surface area contributed by atoms with Crippen LogP contribution in [-0.2, 0) is 11.2 Å². The third kappa shape index (κ3) is 2.86. The molecule has 0 saturated carbocycles. The predicted molar refractivity (Wildman–Crippen MR) is 60.6 cm³/mol. The van der Waals surface area contributed by atoms with Crippen LogP contribution in [0, 0.1) is 10.1 Å². The van der Waals surface area contributed by atoms with E-state index in [9.17, 15) is 20.0 Å². The molecule has 1 aromatic carbocycles. The third-order valence-electron chi connectivity index (χ3n) is 2.33. The maximum Gasteiger partial charge on any atom is 0.320 e. The van der Waals surface area contributed by atoms with Gasteiger partial charge in [0.2, 0.25) is 0 Å². The van der Waals surface area contributed by atoms with E-state index in [2.05, 4.69) is 0 Å². The van der Waals surface area contributed by atoms with Gasteiger partial charge in [0, 0.05) is 12.0 Å². The lowest BCUT2D eigenvalue weighted by atomic mass is 10.0. The molecule has 0 spiro atoms. The van der Waals surface area contributed by atoms with Crippen molar-refractivity contribution in [2.24, 2.45) is 5.73 Å². The van der Waals surface area contributed by atoms with Gasteiger partial charge in [0.15, 0.2) is 11.5 Å². The fourth-order valence-corrected chi connectivity index (χ4v) is 1.42. The van der Waals surface area contributed by atoms with Crippen LogP contribution in [0.25, 0.3) is 0 Å². The normalized spacial score (nSPS) is 11.9. The molecule has 0 amide bonds. The van der Waals surface area contributed by atoms with Crippen molar-refractivity contribution >= 4 is 11.7 Å². The van der Waals surface area contributed by atoms with Crippen LogP contribution >= 0.6 is 0 Å². The molecular formula is C10H12N2O6. The number of nitro benzene ring substituents is 1. The molecule has 1 rings (SSSR count). The summed E-state index contributed by atoms with van der Waals surface area (Å²) in [6.45, 7) is 0. The molecule has 4 N–H and O–H groups in total. The Kier molecular flexibility index (Phi) is 4.05. The number of nitrogens with two attached hydrogens (primary N) is 1. The summed E-state index contributed by atoms with van der Waals surface area (Å²) in [5.41, 5.74) is 4.99. The van der Waals surface area contributed by atoms with E-state index >= 15 is 0 Å². The van der Waals surface area contributed by atoms with Gasteiger partial charge in [0.05, 0.1) is 18.1 Å². The summed E-state index contributed by atoms with van der Waals surface area (Å²) in [6, 6.07) is 0.829. The largest absolute Gasteiger partial charge is 0.504 e. The highest BCUT2D eigenvalue weighted by Gasteiger charge is 2.22. The van der Waals surface area contributed by atoms with Crippen LogP contribution < -0.4 is 10.5 Å². The van der Waals surface area contributed by atoms with Gasteiger partial charge in [0.25, 0.3) is 5.69 Å². The molecule has 1 unspecified atom stereocenters. The minimum absolute atomic E-state index is 0.0354. The minimum Gasteiger partial charge on any atom is -0.504 e. The van der Waals surface area contributed by atoms with Crippen LogP contribution in [0.4, 0.5) is 5.69 Å². The number of benzene rings is 1. The van der Waals surface area contributed by atoms with E-state index in [1.807, 2.05) is 0 Å². The van der Waals surface area contributed by atoms with Crippen molar-refractivity contribution in [1.29, 1.82) is 0 Å². The molecule has 0 aliphatic rings. The van der Waals surface area contributed by atoms with Crippen molar-refractivity contribution in [3.63, 3.8) is 0 Å². The van der Waals surface area contributed by atoms with Crippen LogP contribution in [0.5, 0.6) is 11.5 Å². The van der Waals surface area contributed by atoms with E-state index < -0.39 is 16.9 Å². The molecule has 1 aromatic rings. The number of methoxy groups -OCH3 is 1. The van der Waals surface area contributed by atoms with Crippen molar-refractivity contribution in [1.82, 2.24) is 0 Å². The lowest BCUT2D eigenvalue weighted by Gasteiger charge is -2.09. The minimum atomic E-state index is -1.28. The molecule has 0 saturated heterocycles. The first kappa shape index (κ1) is 13.7. The van der Waals surface area contributed by atoms with E-state index in [0.29, 0.717) is 0 Å². The zero-order valence-electron chi connectivity index (χ0n) is 9.49. The first-order chi connectivity index (χ1) is 8.36. The van der Waals surface area contributed by atoms with Gasteiger partial charge in [-0.1, -0.05) is 0 Å². The first-order valence-corrected chi connectivity index (χ1v) is 4.89. The smallest absolute Gasteiger partial charge is 0.320 e. The molecule has 0 radical (unpaired) electrons. The van der Waals surface area contributed by atoms with Crippen LogP contribution in [0.15, 0.2) is 12.1 Å². The van der Waals surface area contributed by atoms with Gasteiger partial charge in [0.1, 0.15) is 6.04 Å². The van der Waals surface area contributed by atoms with Gasteiger partial charge in [-0.15, -0.1) is 0 Å². The van der Waals surface area contributed by atoms with Crippen LogP contribution in [0.2, 0.25) is 0 Å². The molecule has 8 heteroatoms. The number of ether oxygens (including phenoxy) is 1. The predicted octanol–water partition coefficient (Wildman–Crippen LogP) is 0.263. The Balaban J connectivity index is 3.21. The molecule has 0 aliphatic carbocycles. The number of carbonyl (C=O) groups is 1.